The number of hydrogen-bond donors (Lipinski definition) is 0. The molecule has 2 aromatic heterocycles. The summed E-state index contributed by atoms with van der Waals surface area (Å²) in [5.41, 5.74) is 6.81. The molecule has 0 bridgehead atoms. The van der Waals surface area contributed by atoms with Crippen molar-refractivity contribution in [2.24, 2.45) is 11.8 Å². The number of rotatable bonds is 3. The van der Waals surface area contributed by atoms with Crippen LogP contribution in [0, 0.1) is 23.2 Å². The van der Waals surface area contributed by atoms with E-state index < -0.39 is 5.41 Å². The number of Topliss-reactive ketones (excluding diaryl/α,β-unsaturated/α-hetero) is 1. The molecule has 5 heteroatoms. The van der Waals surface area contributed by atoms with E-state index in [2.05, 4.69) is 62.2 Å². The summed E-state index contributed by atoms with van der Waals surface area (Å²) in [5, 5.41) is 10.8. The third-order valence-electron chi connectivity index (χ3n) is 8.58. The molecule has 5 nitrogen and oxygen atoms in total. The number of para-hydroxylation sites is 1. The van der Waals surface area contributed by atoms with E-state index >= 15 is 0 Å². The Morgan fingerprint density at radius 1 is 1.05 bits per heavy atom. The predicted molar refractivity (Wildman–Crippen MR) is 149 cm³/mol. The van der Waals surface area contributed by atoms with Gasteiger partial charge in [-0.2, -0.15) is 5.26 Å². The Hall–Kier alpha value is -4.17. The second-order valence-corrected chi connectivity index (χ2v) is 11.1. The molecule has 2 heterocycles. The predicted octanol–water partition coefficient (Wildman–Crippen LogP) is 6.97. The summed E-state index contributed by atoms with van der Waals surface area (Å²) < 4.78 is 0. The Morgan fingerprint density at radius 2 is 1.82 bits per heavy atom. The normalized spacial score (nSPS) is 22.5. The highest BCUT2D eigenvalue weighted by atomic mass is 16.1. The summed E-state index contributed by atoms with van der Waals surface area (Å²) >= 11 is 0. The van der Waals surface area contributed by atoms with Crippen molar-refractivity contribution in [2.45, 2.75) is 51.9 Å². The van der Waals surface area contributed by atoms with Gasteiger partial charge in [0.05, 0.1) is 22.5 Å². The second kappa shape index (κ2) is 8.99. The number of hydrogen-bond acceptors (Lipinski definition) is 5. The lowest BCUT2D eigenvalue weighted by atomic mass is 9.57. The van der Waals surface area contributed by atoms with Crippen LogP contribution in [0.3, 0.4) is 0 Å². The van der Waals surface area contributed by atoms with Crippen molar-refractivity contribution in [1.29, 1.82) is 5.26 Å². The Bertz CT molecular complexity index is 1660. The van der Waals surface area contributed by atoms with E-state index in [-0.39, 0.29) is 23.2 Å². The third-order valence-corrected chi connectivity index (χ3v) is 8.58. The van der Waals surface area contributed by atoms with Gasteiger partial charge in [0.25, 0.3) is 0 Å². The van der Waals surface area contributed by atoms with Gasteiger partial charge in [0.2, 0.25) is 0 Å². The van der Waals surface area contributed by atoms with Crippen molar-refractivity contribution >= 4 is 16.7 Å². The lowest BCUT2D eigenvalue weighted by Crippen LogP contribution is -2.46. The number of nitrogens with zero attached hydrogens (tertiary/aromatic N) is 4. The number of benzene rings is 2. The van der Waals surface area contributed by atoms with Crippen LogP contribution in [-0.2, 0) is 16.6 Å². The maximum Gasteiger partial charge on any atom is 0.176 e. The van der Waals surface area contributed by atoms with Gasteiger partial charge < -0.3 is 0 Å². The molecule has 2 unspecified atom stereocenters. The highest BCUT2D eigenvalue weighted by Gasteiger charge is 2.49. The number of fused-ring (bicyclic) bond motifs is 4. The van der Waals surface area contributed by atoms with E-state index in [1.807, 2.05) is 37.3 Å². The number of nitriles is 1. The number of pyridine rings is 1. The molecule has 0 saturated carbocycles. The zero-order chi connectivity index (χ0) is 26.6. The van der Waals surface area contributed by atoms with E-state index in [1.54, 1.807) is 6.20 Å². The van der Waals surface area contributed by atoms with Gasteiger partial charge in [-0.25, -0.2) is 9.97 Å². The van der Waals surface area contributed by atoms with Crippen LogP contribution in [-0.4, -0.2) is 20.7 Å². The molecule has 2 aliphatic carbocycles. The van der Waals surface area contributed by atoms with Crippen molar-refractivity contribution in [2.75, 3.05) is 0 Å². The highest BCUT2D eigenvalue weighted by Crippen LogP contribution is 2.51. The first-order valence-electron chi connectivity index (χ1n) is 13.3. The van der Waals surface area contributed by atoms with Crippen LogP contribution >= 0.6 is 0 Å². The van der Waals surface area contributed by atoms with Gasteiger partial charge in [0, 0.05) is 39.6 Å². The second-order valence-electron chi connectivity index (χ2n) is 11.1. The van der Waals surface area contributed by atoms with Crippen molar-refractivity contribution in [3.05, 3.63) is 89.3 Å². The molecule has 0 N–H and O–H groups in total. The van der Waals surface area contributed by atoms with Crippen molar-refractivity contribution in [3.8, 4) is 28.7 Å². The smallest absolute Gasteiger partial charge is 0.176 e. The van der Waals surface area contributed by atoms with Crippen LogP contribution in [0.5, 0.6) is 0 Å². The maximum absolute atomic E-state index is 12.9. The van der Waals surface area contributed by atoms with Crippen LogP contribution in [0.4, 0.5) is 0 Å². The van der Waals surface area contributed by atoms with Crippen LogP contribution in [0.25, 0.3) is 33.5 Å². The summed E-state index contributed by atoms with van der Waals surface area (Å²) in [6, 6.07) is 20.8. The van der Waals surface area contributed by atoms with Crippen LogP contribution < -0.4 is 0 Å². The maximum atomic E-state index is 12.9. The minimum absolute atomic E-state index is 0.0580. The summed E-state index contributed by atoms with van der Waals surface area (Å²) in [4.78, 5) is 27.9. The first kappa shape index (κ1) is 24.2. The molecule has 38 heavy (non-hydrogen) atoms. The molecule has 6 rings (SSSR count). The molecule has 0 radical (unpaired) electrons. The topological polar surface area (TPSA) is 79.5 Å². The lowest BCUT2D eigenvalue weighted by molar-refractivity contribution is -0.121. The molecule has 4 aromatic rings. The Balaban J connectivity index is 1.65. The first-order chi connectivity index (χ1) is 18.3. The van der Waals surface area contributed by atoms with Crippen molar-refractivity contribution in [3.63, 3.8) is 0 Å². The van der Waals surface area contributed by atoms with Crippen molar-refractivity contribution < 1.29 is 4.79 Å². The average Bonchev–Trinajstić information content (AvgIpc) is 2.94. The minimum Gasteiger partial charge on any atom is -0.293 e. The zero-order valence-electron chi connectivity index (χ0n) is 22.2. The fourth-order valence-corrected chi connectivity index (χ4v) is 6.45. The first-order valence-corrected chi connectivity index (χ1v) is 13.3. The molecule has 0 fully saturated rings. The van der Waals surface area contributed by atoms with Gasteiger partial charge >= 0.3 is 0 Å². The summed E-state index contributed by atoms with van der Waals surface area (Å²) in [7, 11) is 0. The highest BCUT2D eigenvalue weighted by molar-refractivity contribution is 6.02. The molecule has 0 spiro atoms. The number of ketones is 1. The van der Waals surface area contributed by atoms with Crippen molar-refractivity contribution in [1.82, 2.24) is 15.0 Å². The average molecular weight is 499 g/mol. The molecule has 188 valence electrons. The molecule has 0 amide bonds. The van der Waals surface area contributed by atoms with E-state index in [4.69, 9.17) is 9.97 Å². The molecule has 0 aliphatic heterocycles. The Labute approximate surface area is 223 Å². The van der Waals surface area contributed by atoms with Gasteiger partial charge in [-0.3, -0.25) is 9.78 Å². The fourth-order valence-electron chi connectivity index (χ4n) is 6.45. The van der Waals surface area contributed by atoms with Crippen LogP contribution in [0.15, 0.2) is 72.4 Å². The number of carbonyl (C=O) groups is 1. The van der Waals surface area contributed by atoms with Gasteiger partial charge in [-0.05, 0) is 42.4 Å². The van der Waals surface area contributed by atoms with E-state index in [0.29, 0.717) is 11.7 Å². The van der Waals surface area contributed by atoms with E-state index in [1.165, 1.54) is 5.56 Å². The fraction of sp³-hybridized carbons (Fsp3) is 0.303. The van der Waals surface area contributed by atoms with Gasteiger partial charge in [-0.1, -0.05) is 76.2 Å². The zero-order valence-corrected chi connectivity index (χ0v) is 22.2. The summed E-state index contributed by atoms with van der Waals surface area (Å²) in [5.74, 6) is 0.869. The molecular weight excluding hydrogens is 468 g/mol. The summed E-state index contributed by atoms with van der Waals surface area (Å²) in [6.07, 6.45) is 5.33. The number of aromatic nitrogens is 3. The third kappa shape index (κ3) is 3.67. The number of carbonyl (C=O) groups excluding carboxylic acids is 1. The number of allylic oxidation sites excluding steroid dienone is 2. The summed E-state index contributed by atoms with van der Waals surface area (Å²) in [6.45, 7) is 8.49. The van der Waals surface area contributed by atoms with E-state index in [0.717, 1.165) is 51.8 Å². The molecule has 2 aromatic carbocycles. The van der Waals surface area contributed by atoms with Crippen LogP contribution in [0.2, 0.25) is 0 Å². The lowest BCUT2D eigenvalue weighted by Gasteiger charge is -2.45. The largest absolute Gasteiger partial charge is 0.293 e. The molecule has 0 saturated heterocycles. The van der Waals surface area contributed by atoms with Gasteiger partial charge in [-0.15, -0.1) is 0 Å². The molecule has 3 atom stereocenters. The van der Waals surface area contributed by atoms with Gasteiger partial charge in [0.1, 0.15) is 6.07 Å². The minimum atomic E-state index is -0.543. The van der Waals surface area contributed by atoms with Gasteiger partial charge in [0.15, 0.2) is 11.6 Å². The Kier molecular flexibility index (Phi) is 5.72. The standard InChI is InChI=1S/C33H30N4O/c1-19(2)21-9-11-22(12-10-21)29-26-13-14-27-20(3)30(38)23(18-34)17-33(27,4)31(26)37-32(36-29)25-15-16-35-28-8-6-5-7-24(25)28/h5-12,15-17,19-20,27H,13-14H2,1-4H3/t20?,27?,33-/m1/s1. The monoisotopic (exact) mass is 498 g/mol. The van der Waals surface area contributed by atoms with Crippen LogP contribution in [0.1, 0.15) is 56.9 Å². The Morgan fingerprint density at radius 3 is 2.55 bits per heavy atom. The SMILES string of the molecule is CC(C)c1ccc(-c2nc(-c3ccnc4ccccc34)nc3c2CCC2C(C)C(=O)C(C#N)=C[C@@]32C)cc1. The van der Waals surface area contributed by atoms with E-state index in [9.17, 15) is 10.1 Å². The quantitative estimate of drug-likeness (QED) is 0.305. The molecular formula is C33H30N4O. The molecule has 2 aliphatic rings.